The minimum atomic E-state index is -1.13. The number of carbonyl (C=O) groups excluding carboxylic acids is 6. The maximum Gasteiger partial charge on any atom is 0.408 e. The molecule has 0 saturated carbocycles. The van der Waals surface area contributed by atoms with Crippen LogP contribution < -0.4 is 38.5 Å². The maximum absolute atomic E-state index is 14.0. The molecule has 17 heteroatoms. The molecule has 1 fully saturated rings. The molecule has 4 atom stereocenters. The van der Waals surface area contributed by atoms with Crippen molar-refractivity contribution in [2.24, 2.45) is 28.1 Å². The van der Waals surface area contributed by atoms with Crippen molar-refractivity contribution >= 4 is 52.5 Å². The number of nitrogens with two attached hydrogens (primary N) is 3. The third kappa shape index (κ3) is 12.8. The van der Waals surface area contributed by atoms with Gasteiger partial charge in [0, 0.05) is 36.6 Å². The van der Waals surface area contributed by atoms with E-state index in [1.807, 2.05) is 38.1 Å². The molecule has 1 aliphatic heterocycles. The number of amides is 6. The van der Waals surface area contributed by atoms with Crippen molar-refractivity contribution in [3.8, 4) is 0 Å². The van der Waals surface area contributed by atoms with Gasteiger partial charge in [0.1, 0.15) is 29.8 Å². The molecule has 286 valence electrons. The highest BCUT2D eigenvalue weighted by Crippen LogP contribution is 2.22. The van der Waals surface area contributed by atoms with Gasteiger partial charge >= 0.3 is 6.09 Å². The molecule has 1 aliphatic rings. The minimum Gasteiger partial charge on any atom is -0.444 e. The Morgan fingerprint density at radius 3 is 2.31 bits per heavy atom. The number of likely N-dealkylation sites (tertiary alicyclic amines) is 1. The molecule has 6 amide bonds. The molecule has 52 heavy (non-hydrogen) atoms. The van der Waals surface area contributed by atoms with E-state index in [0.29, 0.717) is 19.3 Å². The average molecular weight is 727 g/mol. The number of H-pyrrole nitrogens is 1. The second-order valence-electron chi connectivity index (χ2n) is 14.3. The number of nitrogens with one attached hydrogen (secondary N) is 5. The number of aromatic nitrogens is 1. The van der Waals surface area contributed by atoms with E-state index >= 15 is 0 Å². The number of alkyl carbamates (subject to hydrolysis) is 1. The van der Waals surface area contributed by atoms with Crippen molar-refractivity contribution in [3.63, 3.8) is 0 Å². The highest BCUT2D eigenvalue weighted by atomic mass is 16.6. The van der Waals surface area contributed by atoms with E-state index in [0.717, 1.165) is 16.5 Å². The van der Waals surface area contributed by atoms with E-state index in [9.17, 15) is 28.8 Å². The van der Waals surface area contributed by atoms with E-state index in [2.05, 4.69) is 31.2 Å². The lowest BCUT2D eigenvalue weighted by Gasteiger charge is -2.30. The first-order valence-electron chi connectivity index (χ1n) is 17.5. The molecule has 0 spiro atoms. The van der Waals surface area contributed by atoms with Gasteiger partial charge in [0.15, 0.2) is 5.96 Å². The predicted octanol–water partition coefficient (Wildman–Crippen LogP) is 0.266. The largest absolute Gasteiger partial charge is 0.444 e. The van der Waals surface area contributed by atoms with Crippen LogP contribution in [0.15, 0.2) is 35.5 Å². The minimum absolute atomic E-state index is 0.0603. The predicted molar refractivity (Wildman–Crippen MR) is 195 cm³/mol. The summed E-state index contributed by atoms with van der Waals surface area (Å²) in [5.41, 5.74) is 16.9. The van der Waals surface area contributed by atoms with Crippen LogP contribution >= 0.6 is 0 Å². The molecule has 2 heterocycles. The van der Waals surface area contributed by atoms with Crippen LogP contribution in [0.25, 0.3) is 10.9 Å². The molecule has 1 saturated heterocycles. The number of aliphatic imine (C=N–C) groups is 1. The first-order valence-corrected chi connectivity index (χ1v) is 17.5. The Morgan fingerprint density at radius 1 is 0.981 bits per heavy atom. The Kier molecular flexibility index (Phi) is 14.8. The first kappa shape index (κ1) is 41.1. The van der Waals surface area contributed by atoms with Gasteiger partial charge in [0.2, 0.25) is 29.5 Å². The van der Waals surface area contributed by atoms with Gasteiger partial charge in [-0.15, -0.1) is 0 Å². The Labute approximate surface area is 303 Å². The quantitative estimate of drug-likeness (QED) is 0.0630. The van der Waals surface area contributed by atoms with Gasteiger partial charge < -0.3 is 53.1 Å². The summed E-state index contributed by atoms with van der Waals surface area (Å²) in [5.74, 6) is -3.20. The number of rotatable bonds is 17. The fourth-order valence-electron chi connectivity index (χ4n) is 5.98. The van der Waals surface area contributed by atoms with Gasteiger partial charge in [0.25, 0.3) is 0 Å². The molecular formula is C35H54N10O7. The van der Waals surface area contributed by atoms with Crippen molar-refractivity contribution < 1.29 is 33.5 Å². The number of para-hydroxylation sites is 1. The van der Waals surface area contributed by atoms with Crippen molar-refractivity contribution in [3.05, 3.63) is 36.0 Å². The standard InChI is InChI=1S/C35H54N10O7/c1-20(2)16-25(43-30(48)26(44-34(51)52-35(3,4)5)17-21-18-40-23-11-7-6-10-22(21)23)29(47)42-24(12-8-14-39-33(37)38)32(50)45-15-9-13-27(45)31(49)41-19-28(36)46/h6-7,10-11,18,20,24-27,40H,8-9,12-17,19H2,1-5H3,(H2,36,46)(H,41,49)(H,42,47)(H,43,48)(H,44,51)(H4,37,38,39)/t24-,25-,26+,27-/m0/s1. The number of benzene rings is 1. The SMILES string of the molecule is CC(C)C[C@H](NC(=O)[C@@H](Cc1c[nH]c2ccccc12)NC(=O)OC(C)(C)C)C(=O)N[C@@H](CCCN=C(N)N)C(=O)N1CCC[C@H]1C(=O)NCC(N)=O. The van der Waals surface area contributed by atoms with Crippen LogP contribution in [0.3, 0.4) is 0 Å². The molecule has 2 aromatic rings. The number of ether oxygens (including phenoxy) is 1. The van der Waals surface area contributed by atoms with Crippen molar-refractivity contribution in [2.45, 2.75) is 103 Å². The average Bonchev–Trinajstić information content (AvgIpc) is 3.70. The molecule has 0 unspecified atom stereocenters. The molecule has 17 nitrogen and oxygen atoms in total. The number of guanidine groups is 1. The van der Waals surface area contributed by atoms with Crippen molar-refractivity contribution in [1.82, 2.24) is 31.2 Å². The zero-order valence-electron chi connectivity index (χ0n) is 30.6. The van der Waals surface area contributed by atoms with Crippen LogP contribution in [-0.2, 0) is 35.1 Å². The normalized spacial score (nSPS) is 16.0. The maximum atomic E-state index is 14.0. The third-order valence-electron chi connectivity index (χ3n) is 8.28. The summed E-state index contributed by atoms with van der Waals surface area (Å²) in [4.78, 5) is 87.5. The van der Waals surface area contributed by atoms with E-state index < -0.39 is 65.4 Å². The summed E-state index contributed by atoms with van der Waals surface area (Å²) in [6.45, 7) is 8.94. The number of hydrogen-bond acceptors (Lipinski definition) is 8. The molecule has 0 bridgehead atoms. The highest BCUT2D eigenvalue weighted by Gasteiger charge is 2.38. The second kappa shape index (κ2) is 18.8. The van der Waals surface area contributed by atoms with Crippen LogP contribution in [-0.4, -0.2) is 101 Å². The molecule has 3 rings (SSSR count). The second-order valence-corrected chi connectivity index (χ2v) is 14.3. The molecule has 0 aliphatic carbocycles. The monoisotopic (exact) mass is 726 g/mol. The summed E-state index contributed by atoms with van der Waals surface area (Å²) in [7, 11) is 0. The third-order valence-corrected chi connectivity index (χ3v) is 8.28. The number of hydrogen-bond donors (Lipinski definition) is 8. The van der Waals surface area contributed by atoms with Gasteiger partial charge in [-0.05, 0) is 70.4 Å². The smallest absolute Gasteiger partial charge is 0.408 e. The number of nitrogens with zero attached hydrogens (tertiary/aromatic N) is 2. The summed E-state index contributed by atoms with van der Waals surface area (Å²) >= 11 is 0. The van der Waals surface area contributed by atoms with Crippen LogP contribution in [0.5, 0.6) is 0 Å². The number of fused-ring (bicyclic) bond motifs is 1. The summed E-state index contributed by atoms with van der Waals surface area (Å²) in [6, 6.07) is 3.35. The number of primary amides is 1. The molecular weight excluding hydrogens is 672 g/mol. The zero-order chi connectivity index (χ0) is 38.6. The topological polar surface area (TPSA) is 269 Å². The van der Waals surface area contributed by atoms with E-state index in [-0.39, 0.29) is 50.8 Å². The lowest BCUT2D eigenvalue weighted by Crippen LogP contribution is -2.59. The first-order chi connectivity index (χ1) is 24.4. The van der Waals surface area contributed by atoms with Gasteiger partial charge in [-0.3, -0.25) is 29.0 Å². The number of aromatic amines is 1. The zero-order valence-corrected chi connectivity index (χ0v) is 30.6. The Bertz CT molecular complexity index is 1610. The highest BCUT2D eigenvalue weighted by molar-refractivity contribution is 5.96. The Balaban J connectivity index is 1.86. The van der Waals surface area contributed by atoms with E-state index in [1.54, 1.807) is 27.0 Å². The molecule has 1 aromatic carbocycles. The van der Waals surface area contributed by atoms with E-state index in [4.69, 9.17) is 21.9 Å². The van der Waals surface area contributed by atoms with Gasteiger partial charge in [-0.1, -0.05) is 32.0 Å². The fraction of sp³-hybridized carbons (Fsp3) is 0.571. The summed E-state index contributed by atoms with van der Waals surface area (Å²) < 4.78 is 5.45. The Hall–Kier alpha value is -5.35. The van der Waals surface area contributed by atoms with Crippen molar-refractivity contribution in [1.29, 1.82) is 0 Å². The lowest BCUT2D eigenvalue weighted by atomic mass is 10.00. The molecule has 1 aromatic heterocycles. The summed E-state index contributed by atoms with van der Waals surface area (Å²) in [6.07, 6.45) is 2.59. The molecule has 11 N–H and O–H groups in total. The van der Waals surface area contributed by atoms with Crippen LogP contribution in [0.1, 0.15) is 72.3 Å². The summed E-state index contributed by atoms with van der Waals surface area (Å²) in [5, 5.41) is 11.6. The molecule has 0 radical (unpaired) electrons. The lowest BCUT2D eigenvalue weighted by molar-refractivity contribution is -0.142. The van der Waals surface area contributed by atoms with Crippen LogP contribution in [0.4, 0.5) is 4.79 Å². The van der Waals surface area contributed by atoms with Gasteiger partial charge in [-0.25, -0.2) is 4.79 Å². The van der Waals surface area contributed by atoms with Crippen LogP contribution in [0, 0.1) is 5.92 Å². The van der Waals surface area contributed by atoms with Gasteiger partial charge in [-0.2, -0.15) is 0 Å². The number of carbonyl (C=O) groups is 6. The van der Waals surface area contributed by atoms with Gasteiger partial charge in [0.05, 0.1) is 6.54 Å². The fourth-order valence-corrected chi connectivity index (χ4v) is 5.98. The van der Waals surface area contributed by atoms with E-state index in [1.165, 1.54) is 4.90 Å². The van der Waals surface area contributed by atoms with Crippen molar-refractivity contribution in [2.75, 3.05) is 19.6 Å². The van der Waals surface area contributed by atoms with Crippen LogP contribution in [0.2, 0.25) is 0 Å². The Morgan fingerprint density at radius 2 is 1.65 bits per heavy atom.